The van der Waals surface area contributed by atoms with Gasteiger partial charge in [0.25, 0.3) is 5.56 Å². The van der Waals surface area contributed by atoms with Crippen LogP contribution in [0.2, 0.25) is 5.02 Å². The van der Waals surface area contributed by atoms with Crippen LogP contribution in [0.3, 0.4) is 0 Å². The maximum absolute atomic E-state index is 13.3. The average Bonchev–Trinajstić information content (AvgIpc) is 2.73. The van der Waals surface area contributed by atoms with Gasteiger partial charge in [-0.1, -0.05) is 29.8 Å². The van der Waals surface area contributed by atoms with Crippen molar-refractivity contribution in [3.63, 3.8) is 0 Å². The number of benzene rings is 1. The third kappa shape index (κ3) is 3.21. The van der Waals surface area contributed by atoms with Crippen molar-refractivity contribution in [1.29, 1.82) is 0 Å². The van der Waals surface area contributed by atoms with E-state index in [-0.39, 0.29) is 10.9 Å². The van der Waals surface area contributed by atoms with E-state index >= 15 is 0 Å². The first-order valence-corrected chi connectivity index (χ1v) is 11.2. The van der Waals surface area contributed by atoms with Crippen LogP contribution in [0.4, 0.5) is 5.69 Å². The van der Waals surface area contributed by atoms with Crippen LogP contribution in [0.1, 0.15) is 37.7 Å². The number of carboxylic acid groups (broad SMARTS) is 1. The summed E-state index contributed by atoms with van der Waals surface area (Å²) >= 11 is 6.49. The molecule has 4 aliphatic rings. The average molecular weight is 444 g/mol. The molecule has 2 N–H and O–H groups in total. The first kappa shape index (κ1) is 20.4. The Morgan fingerprint density at radius 2 is 2.00 bits per heavy atom. The van der Waals surface area contributed by atoms with Gasteiger partial charge in [0.1, 0.15) is 10.8 Å². The first-order chi connectivity index (χ1) is 14.9. The number of nitrogens with zero attached hydrogens (tertiary/aromatic N) is 2. The number of anilines is 1. The minimum Gasteiger partial charge on any atom is -0.496 e. The number of aliphatic carboxylic acids is 1. The fourth-order valence-electron chi connectivity index (χ4n) is 6.65. The maximum Gasteiger partial charge on any atom is 0.309 e. The molecule has 7 nitrogen and oxygen atoms in total. The molecule has 0 radical (unpaired) electrons. The van der Waals surface area contributed by atoms with Crippen molar-refractivity contribution in [2.75, 3.05) is 12.4 Å². The van der Waals surface area contributed by atoms with Gasteiger partial charge < -0.3 is 15.2 Å². The molecule has 0 spiro atoms. The minimum atomic E-state index is -0.827. The van der Waals surface area contributed by atoms with E-state index in [4.69, 9.17) is 16.3 Å². The molecule has 4 aliphatic carbocycles. The Labute approximate surface area is 185 Å². The highest BCUT2D eigenvalue weighted by molar-refractivity contribution is 6.32. The summed E-state index contributed by atoms with van der Waals surface area (Å²) in [5.74, 6) is 0.360. The Bertz CT molecular complexity index is 1070. The molecule has 0 aliphatic heterocycles. The minimum absolute atomic E-state index is 0.0461. The number of aromatic nitrogens is 2. The van der Waals surface area contributed by atoms with Crippen molar-refractivity contribution in [3.05, 3.63) is 51.4 Å². The van der Waals surface area contributed by atoms with Crippen molar-refractivity contribution < 1.29 is 14.6 Å². The molecule has 3 atom stereocenters. The normalized spacial score (nSPS) is 30.9. The van der Waals surface area contributed by atoms with E-state index in [9.17, 15) is 14.7 Å². The molecule has 2 aromatic rings. The molecule has 0 saturated heterocycles. The van der Waals surface area contributed by atoms with E-state index in [2.05, 4.69) is 10.4 Å². The van der Waals surface area contributed by atoms with E-state index in [1.165, 1.54) is 4.68 Å². The lowest BCUT2D eigenvalue weighted by atomic mass is 9.48. The fourth-order valence-corrected chi connectivity index (χ4v) is 6.84. The smallest absolute Gasteiger partial charge is 0.309 e. The van der Waals surface area contributed by atoms with Gasteiger partial charge in [-0.3, -0.25) is 9.59 Å². The summed E-state index contributed by atoms with van der Waals surface area (Å²) in [5.41, 5.74) is 0.172. The lowest BCUT2D eigenvalue weighted by Gasteiger charge is -2.59. The molecule has 6 rings (SSSR count). The number of nitrogens with one attached hydrogen (secondary N) is 1. The highest BCUT2D eigenvalue weighted by Crippen LogP contribution is 2.61. The number of hydrogen-bond donors (Lipinski definition) is 2. The molecule has 8 heteroatoms. The third-order valence-electron chi connectivity index (χ3n) is 7.54. The number of hydrogen-bond acceptors (Lipinski definition) is 5. The van der Waals surface area contributed by atoms with Gasteiger partial charge in [-0.05, 0) is 55.9 Å². The lowest BCUT2D eigenvalue weighted by Crippen LogP contribution is -2.63. The van der Waals surface area contributed by atoms with Crippen molar-refractivity contribution in [3.8, 4) is 5.75 Å². The fraction of sp³-hybridized carbons (Fsp3) is 0.522. The topological polar surface area (TPSA) is 93.4 Å². The van der Waals surface area contributed by atoms with Crippen LogP contribution in [0, 0.1) is 23.7 Å². The molecule has 4 fully saturated rings. The number of carboxylic acids is 1. The van der Waals surface area contributed by atoms with Crippen molar-refractivity contribution in [2.24, 2.45) is 23.7 Å². The summed E-state index contributed by atoms with van der Waals surface area (Å²) in [5, 5.41) is 17.7. The van der Waals surface area contributed by atoms with Gasteiger partial charge in [0, 0.05) is 12.1 Å². The van der Waals surface area contributed by atoms with Crippen LogP contribution in [0.5, 0.6) is 5.75 Å². The van der Waals surface area contributed by atoms with E-state index in [1.54, 1.807) is 13.3 Å². The highest BCUT2D eigenvalue weighted by atomic mass is 35.5. The molecule has 1 heterocycles. The van der Waals surface area contributed by atoms with Crippen LogP contribution < -0.4 is 15.6 Å². The Morgan fingerprint density at radius 1 is 1.29 bits per heavy atom. The van der Waals surface area contributed by atoms with Gasteiger partial charge in [-0.25, -0.2) is 4.68 Å². The molecule has 164 valence electrons. The molecular weight excluding hydrogens is 418 g/mol. The standard InChI is InChI=1S/C23H26ClN3O4/c1-31-18-5-3-2-4-15(18)11-25-17-12-26-27(21(28)20(17)24)23-9-13-6-14(10-23)8-16(7-13)19(23)22(29)30/h2-5,12-14,16,19,25H,6-11H2,1H3,(H,29,30)/t13-,14-,16?,19-,23?/m1/s1. The number of carbonyl (C=O) groups is 1. The van der Waals surface area contributed by atoms with Gasteiger partial charge in [0.05, 0.1) is 30.5 Å². The molecular formula is C23H26ClN3O4. The zero-order valence-corrected chi connectivity index (χ0v) is 18.1. The zero-order chi connectivity index (χ0) is 21.8. The van der Waals surface area contributed by atoms with Gasteiger partial charge in [-0.15, -0.1) is 0 Å². The number of ether oxygens (including phenoxy) is 1. The largest absolute Gasteiger partial charge is 0.496 e. The van der Waals surface area contributed by atoms with Crippen LogP contribution >= 0.6 is 11.6 Å². The molecule has 4 bridgehead atoms. The summed E-state index contributed by atoms with van der Waals surface area (Å²) in [6.07, 6.45) is 5.94. The number of para-hydroxylation sites is 1. The molecule has 31 heavy (non-hydrogen) atoms. The second-order valence-corrected chi connectivity index (χ2v) is 9.66. The van der Waals surface area contributed by atoms with Crippen LogP contribution in [-0.4, -0.2) is 28.0 Å². The second kappa shape index (κ2) is 7.55. The van der Waals surface area contributed by atoms with E-state index < -0.39 is 23.0 Å². The Balaban J connectivity index is 1.48. The van der Waals surface area contributed by atoms with Gasteiger partial charge in [-0.2, -0.15) is 5.10 Å². The SMILES string of the molecule is COc1ccccc1CNc1cnn(C23C[C@H]4CC(C[C@@H](C4)C2)[C@@H]3C(=O)O)c(=O)c1Cl. The Kier molecular flexibility index (Phi) is 4.96. The lowest BCUT2D eigenvalue weighted by molar-refractivity contribution is -0.168. The van der Waals surface area contributed by atoms with Gasteiger partial charge >= 0.3 is 5.97 Å². The van der Waals surface area contributed by atoms with E-state index in [1.807, 2.05) is 24.3 Å². The van der Waals surface area contributed by atoms with Crippen LogP contribution in [0.25, 0.3) is 0 Å². The third-order valence-corrected chi connectivity index (χ3v) is 7.91. The quantitative estimate of drug-likeness (QED) is 0.706. The van der Waals surface area contributed by atoms with Crippen molar-refractivity contribution in [1.82, 2.24) is 9.78 Å². The van der Waals surface area contributed by atoms with E-state index in [0.717, 1.165) is 30.6 Å². The van der Waals surface area contributed by atoms with Crippen molar-refractivity contribution >= 4 is 23.3 Å². The second-order valence-electron chi connectivity index (χ2n) is 9.28. The highest BCUT2D eigenvalue weighted by Gasteiger charge is 2.61. The summed E-state index contributed by atoms with van der Waals surface area (Å²) in [6, 6.07) is 7.61. The number of rotatable bonds is 6. The van der Waals surface area contributed by atoms with Crippen LogP contribution in [0.15, 0.2) is 35.3 Å². The molecule has 0 unspecified atom stereocenters. The Hall–Kier alpha value is -2.54. The summed E-state index contributed by atoms with van der Waals surface area (Å²) < 4.78 is 6.78. The summed E-state index contributed by atoms with van der Waals surface area (Å²) in [7, 11) is 1.61. The monoisotopic (exact) mass is 443 g/mol. The van der Waals surface area contributed by atoms with E-state index in [0.29, 0.717) is 36.9 Å². The molecule has 1 aromatic heterocycles. The number of methoxy groups -OCH3 is 1. The Morgan fingerprint density at radius 3 is 2.68 bits per heavy atom. The molecule has 0 amide bonds. The van der Waals surface area contributed by atoms with Crippen LogP contribution in [-0.2, 0) is 16.9 Å². The number of halogens is 1. The zero-order valence-electron chi connectivity index (χ0n) is 17.4. The summed E-state index contributed by atoms with van der Waals surface area (Å²) in [4.78, 5) is 25.6. The predicted octanol–water partition coefficient (Wildman–Crippen LogP) is 3.75. The first-order valence-electron chi connectivity index (χ1n) is 10.8. The maximum atomic E-state index is 13.3. The van der Waals surface area contributed by atoms with Gasteiger partial charge in [0.15, 0.2) is 0 Å². The summed E-state index contributed by atoms with van der Waals surface area (Å²) in [6.45, 7) is 0.421. The molecule has 4 saturated carbocycles. The van der Waals surface area contributed by atoms with Gasteiger partial charge in [0.2, 0.25) is 0 Å². The predicted molar refractivity (Wildman–Crippen MR) is 116 cm³/mol. The van der Waals surface area contributed by atoms with Crippen molar-refractivity contribution in [2.45, 2.75) is 44.2 Å². The molecule has 1 aromatic carbocycles.